The molecule has 0 bridgehead atoms. The van der Waals surface area contributed by atoms with Crippen molar-refractivity contribution in [1.29, 1.82) is 0 Å². The summed E-state index contributed by atoms with van der Waals surface area (Å²) >= 11 is 0. The Morgan fingerprint density at radius 1 is 1.47 bits per heavy atom. The van der Waals surface area contributed by atoms with Crippen molar-refractivity contribution in [2.75, 3.05) is 26.2 Å². The minimum Gasteiger partial charge on any atom is -0.481 e. The minimum absolute atomic E-state index is 0.0866. The number of morpholine rings is 1. The summed E-state index contributed by atoms with van der Waals surface area (Å²) < 4.78 is 5.31. The van der Waals surface area contributed by atoms with Gasteiger partial charge in [0, 0.05) is 19.6 Å². The fourth-order valence-electron chi connectivity index (χ4n) is 2.06. The van der Waals surface area contributed by atoms with E-state index in [0.717, 1.165) is 6.54 Å². The molecule has 0 aromatic rings. The van der Waals surface area contributed by atoms with E-state index in [9.17, 15) is 9.59 Å². The number of carbonyl (C=O) groups excluding carboxylic acids is 1. The molecule has 1 amide bonds. The van der Waals surface area contributed by atoms with Crippen LogP contribution in [0.5, 0.6) is 0 Å². The first-order chi connectivity index (χ1) is 8.79. The van der Waals surface area contributed by atoms with Gasteiger partial charge in [0.15, 0.2) is 0 Å². The number of hydrogen-bond donors (Lipinski definition) is 3. The average molecular weight is 272 g/mol. The molecule has 110 valence electrons. The van der Waals surface area contributed by atoms with Gasteiger partial charge in [-0.2, -0.15) is 0 Å². The lowest BCUT2D eigenvalue weighted by atomic mass is 9.84. The number of aliphatic carboxylic acids is 1. The highest BCUT2D eigenvalue weighted by atomic mass is 16.5. The minimum atomic E-state index is -0.877. The summed E-state index contributed by atoms with van der Waals surface area (Å²) in [4.78, 5) is 23.0. The van der Waals surface area contributed by atoms with Crippen LogP contribution in [-0.4, -0.2) is 49.3 Å². The lowest BCUT2D eigenvalue weighted by Crippen LogP contribution is -2.49. The highest BCUT2D eigenvalue weighted by Crippen LogP contribution is 2.24. The molecule has 1 aliphatic rings. The Hall–Kier alpha value is -1.14. The second-order valence-corrected chi connectivity index (χ2v) is 6.11. The van der Waals surface area contributed by atoms with Crippen LogP contribution in [0.1, 0.15) is 27.2 Å². The average Bonchev–Trinajstić information content (AvgIpc) is 2.33. The van der Waals surface area contributed by atoms with E-state index >= 15 is 0 Å². The van der Waals surface area contributed by atoms with Gasteiger partial charge in [0.25, 0.3) is 0 Å². The number of carboxylic acids is 1. The molecule has 2 unspecified atom stereocenters. The summed E-state index contributed by atoms with van der Waals surface area (Å²) in [6.07, 6.45) is 0.00433. The number of hydrogen-bond acceptors (Lipinski definition) is 4. The van der Waals surface area contributed by atoms with Crippen molar-refractivity contribution < 1.29 is 19.4 Å². The monoisotopic (exact) mass is 272 g/mol. The predicted octanol–water partition coefficient (Wildman–Crippen LogP) is 0.228. The first-order valence-electron chi connectivity index (χ1n) is 6.62. The fourth-order valence-corrected chi connectivity index (χ4v) is 2.06. The summed E-state index contributed by atoms with van der Waals surface area (Å²) in [6, 6.07) is 0. The van der Waals surface area contributed by atoms with Crippen LogP contribution in [0.15, 0.2) is 0 Å². The summed E-state index contributed by atoms with van der Waals surface area (Å²) in [5, 5.41) is 14.9. The topological polar surface area (TPSA) is 87.7 Å². The van der Waals surface area contributed by atoms with Crippen LogP contribution in [0.25, 0.3) is 0 Å². The van der Waals surface area contributed by atoms with Crippen molar-refractivity contribution >= 4 is 11.9 Å². The molecule has 0 aliphatic carbocycles. The normalized spacial score (nSPS) is 21.7. The number of amides is 1. The maximum Gasteiger partial charge on any atom is 0.308 e. The van der Waals surface area contributed by atoms with E-state index in [1.54, 1.807) is 0 Å². The number of carboxylic acid groups (broad SMARTS) is 1. The van der Waals surface area contributed by atoms with Crippen molar-refractivity contribution in [2.45, 2.75) is 33.3 Å². The molecule has 2 atom stereocenters. The molecule has 19 heavy (non-hydrogen) atoms. The summed E-state index contributed by atoms with van der Waals surface area (Å²) in [5.41, 5.74) is -0.0866. The maximum atomic E-state index is 11.8. The zero-order valence-corrected chi connectivity index (χ0v) is 11.9. The molecule has 1 fully saturated rings. The molecule has 1 rings (SSSR count). The largest absolute Gasteiger partial charge is 0.481 e. The molecule has 1 heterocycles. The van der Waals surface area contributed by atoms with Gasteiger partial charge in [-0.05, 0) is 11.8 Å². The molecular formula is C13H24N2O4. The van der Waals surface area contributed by atoms with E-state index in [2.05, 4.69) is 10.6 Å². The smallest absolute Gasteiger partial charge is 0.308 e. The number of nitrogens with one attached hydrogen (secondary N) is 2. The third kappa shape index (κ3) is 6.02. The van der Waals surface area contributed by atoms with Gasteiger partial charge in [-0.3, -0.25) is 9.59 Å². The van der Waals surface area contributed by atoms with Crippen LogP contribution in [0.4, 0.5) is 0 Å². The number of carbonyl (C=O) groups is 2. The Morgan fingerprint density at radius 2 is 2.16 bits per heavy atom. The zero-order chi connectivity index (χ0) is 14.5. The van der Waals surface area contributed by atoms with Crippen LogP contribution < -0.4 is 10.6 Å². The Bertz CT molecular complexity index is 319. The van der Waals surface area contributed by atoms with E-state index in [4.69, 9.17) is 9.84 Å². The van der Waals surface area contributed by atoms with Crippen molar-refractivity contribution in [2.24, 2.45) is 11.3 Å². The van der Waals surface area contributed by atoms with Gasteiger partial charge in [0.1, 0.15) is 6.10 Å². The molecule has 6 nitrogen and oxygen atoms in total. The first kappa shape index (κ1) is 15.9. The maximum absolute atomic E-state index is 11.8. The Morgan fingerprint density at radius 3 is 2.63 bits per heavy atom. The van der Waals surface area contributed by atoms with E-state index in [0.29, 0.717) is 19.6 Å². The lowest BCUT2D eigenvalue weighted by Gasteiger charge is -2.26. The molecule has 0 saturated carbocycles. The van der Waals surface area contributed by atoms with Crippen LogP contribution in [0.2, 0.25) is 0 Å². The lowest BCUT2D eigenvalue weighted by molar-refractivity contribution is -0.143. The third-order valence-electron chi connectivity index (χ3n) is 2.95. The van der Waals surface area contributed by atoms with Crippen molar-refractivity contribution in [3.8, 4) is 0 Å². The van der Waals surface area contributed by atoms with E-state index in [-0.39, 0.29) is 17.9 Å². The van der Waals surface area contributed by atoms with Gasteiger partial charge in [0.05, 0.1) is 12.5 Å². The van der Waals surface area contributed by atoms with Gasteiger partial charge in [-0.25, -0.2) is 0 Å². The van der Waals surface area contributed by atoms with Gasteiger partial charge < -0.3 is 20.5 Å². The molecule has 0 aromatic heterocycles. The molecule has 6 heteroatoms. The first-order valence-corrected chi connectivity index (χ1v) is 6.62. The van der Waals surface area contributed by atoms with Gasteiger partial charge in [0.2, 0.25) is 5.91 Å². The van der Waals surface area contributed by atoms with Crippen LogP contribution in [0.3, 0.4) is 0 Å². The van der Waals surface area contributed by atoms with Gasteiger partial charge >= 0.3 is 5.97 Å². The Balaban J connectivity index is 2.42. The second-order valence-electron chi connectivity index (χ2n) is 6.11. The Kier molecular flexibility index (Phi) is 5.75. The number of rotatable bonds is 5. The number of ether oxygens (including phenoxy) is 1. The molecule has 3 N–H and O–H groups in total. The van der Waals surface area contributed by atoms with Crippen LogP contribution in [-0.2, 0) is 14.3 Å². The van der Waals surface area contributed by atoms with Crippen LogP contribution >= 0.6 is 0 Å². The standard InChI is InChI=1S/C13H24N2O4/c1-13(2,3)6-9(12(17)18)7-15-11(16)10-8-14-4-5-19-10/h9-10,14H,4-8H2,1-3H3,(H,15,16)(H,17,18). The Labute approximate surface area is 113 Å². The zero-order valence-electron chi connectivity index (χ0n) is 11.9. The van der Waals surface area contributed by atoms with E-state index in [1.165, 1.54) is 0 Å². The van der Waals surface area contributed by atoms with Gasteiger partial charge in [-0.1, -0.05) is 20.8 Å². The third-order valence-corrected chi connectivity index (χ3v) is 2.95. The summed E-state index contributed by atoms with van der Waals surface area (Å²) in [6.45, 7) is 7.82. The highest BCUT2D eigenvalue weighted by molar-refractivity contribution is 5.81. The molecular weight excluding hydrogens is 248 g/mol. The fraction of sp³-hybridized carbons (Fsp3) is 0.846. The molecule has 1 saturated heterocycles. The summed E-state index contributed by atoms with van der Waals surface area (Å²) in [5.74, 6) is -1.69. The van der Waals surface area contributed by atoms with Gasteiger partial charge in [-0.15, -0.1) is 0 Å². The quantitative estimate of drug-likeness (QED) is 0.667. The molecule has 0 radical (unpaired) electrons. The SMILES string of the molecule is CC(C)(C)CC(CNC(=O)C1CNCCO1)C(=O)O. The second kappa shape index (κ2) is 6.86. The highest BCUT2D eigenvalue weighted by Gasteiger charge is 2.27. The van der Waals surface area contributed by atoms with Crippen molar-refractivity contribution in [3.63, 3.8) is 0 Å². The molecule has 1 aliphatic heterocycles. The van der Waals surface area contributed by atoms with Crippen molar-refractivity contribution in [1.82, 2.24) is 10.6 Å². The van der Waals surface area contributed by atoms with E-state index in [1.807, 2.05) is 20.8 Å². The molecule has 0 aromatic carbocycles. The van der Waals surface area contributed by atoms with Crippen LogP contribution in [0, 0.1) is 11.3 Å². The van der Waals surface area contributed by atoms with Crippen molar-refractivity contribution in [3.05, 3.63) is 0 Å². The van der Waals surface area contributed by atoms with E-state index < -0.39 is 18.0 Å². The predicted molar refractivity (Wildman–Crippen MR) is 70.8 cm³/mol. The summed E-state index contributed by atoms with van der Waals surface area (Å²) in [7, 11) is 0. The molecule has 0 spiro atoms.